The lowest BCUT2D eigenvalue weighted by molar-refractivity contribution is -0.128. The van der Waals surface area contributed by atoms with Crippen LogP contribution in [0.5, 0.6) is 0 Å². The van der Waals surface area contributed by atoms with Gasteiger partial charge in [-0.05, 0) is 43.5 Å². The number of benzene rings is 1. The van der Waals surface area contributed by atoms with Crippen molar-refractivity contribution in [3.63, 3.8) is 0 Å². The Morgan fingerprint density at radius 2 is 2.07 bits per heavy atom. The van der Waals surface area contributed by atoms with E-state index >= 15 is 0 Å². The maximum Gasteiger partial charge on any atom is 0.222 e. The Kier molecular flexibility index (Phi) is 9.42. The third-order valence-corrected chi connectivity index (χ3v) is 5.93. The first kappa shape index (κ1) is 23.7. The van der Waals surface area contributed by atoms with Gasteiger partial charge in [-0.1, -0.05) is 24.3 Å². The second-order valence-electron chi connectivity index (χ2n) is 7.43. The zero-order valence-electron chi connectivity index (χ0n) is 17.4. The number of aliphatic imine (C=N–C) groups is 1. The zero-order chi connectivity index (χ0) is 19.9. The lowest BCUT2D eigenvalue weighted by Gasteiger charge is -2.18. The average molecular weight is 526 g/mol. The van der Waals surface area contributed by atoms with Crippen LogP contribution in [-0.4, -0.2) is 36.4 Å². The molecular weight excluding hydrogens is 495 g/mol. The summed E-state index contributed by atoms with van der Waals surface area (Å²) in [5.74, 6) is 1.07. The molecule has 0 saturated carbocycles. The summed E-state index contributed by atoms with van der Waals surface area (Å²) in [5.41, 5.74) is 2.37. The van der Waals surface area contributed by atoms with Crippen LogP contribution in [0.2, 0.25) is 0 Å². The summed E-state index contributed by atoms with van der Waals surface area (Å²) in [4.78, 5) is 20.9. The van der Waals surface area contributed by atoms with Gasteiger partial charge in [-0.3, -0.25) is 9.79 Å². The van der Waals surface area contributed by atoms with Crippen LogP contribution in [0.15, 0.2) is 41.4 Å². The Morgan fingerprint density at radius 1 is 1.28 bits per heavy atom. The lowest BCUT2D eigenvalue weighted by atomic mass is 10.1. The van der Waals surface area contributed by atoms with Crippen LogP contribution in [0.1, 0.15) is 40.6 Å². The molecule has 2 aromatic rings. The van der Waals surface area contributed by atoms with Crippen molar-refractivity contribution in [2.24, 2.45) is 4.99 Å². The maximum atomic E-state index is 11.8. The molecule has 1 aliphatic heterocycles. The molecule has 1 aliphatic rings. The van der Waals surface area contributed by atoms with Gasteiger partial charge < -0.3 is 15.5 Å². The van der Waals surface area contributed by atoms with Crippen LogP contribution in [-0.2, 0) is 24.3 Å². The van der Waals surface area contributed by atoms with Crippen LogP contribution in [0, 0.1) is 6.92 Å². The van der Waals surface area contributed by atoms with E-state index in [1.54, 1.807) is 7.05 Å². The molecule has 1 saturated heterocycles. The van der Waals surface area contributed by atoms with Crippen molar-refractivity contribution in [3.05, 3.63) is 57.3 Å². The number of aryl methyl sites for hydroxylation is 1. The van der Waals surface area contributed by atoms with Crippen molar-refractivity contribution in [2.45, 2.75) is 52.2 Å². The molecule has 1 atom stereocenters. The van der Waals surface area contributed by atoms with Crippen molar-refractivity contribution in [1.29, 1.82) is 0 Å². The van der Waals surface area contributed by atoms with Crippen molar-refractivity contribution in [2.75, 3.05) is 13.6 Å². The highest BCUT2D eigenvalue weighted by molar-refractivity contribution is 14.0. The van der Waals surface area contributed by atoms with E-state index < -0.39 is 0 Å². The fourth-order valence-corrected chi connectivity index (χ4v) is 4.51. The van der Waals surface area contributed by atoms with Gasteiger partial charge in [0.15, 0.2) is 5.96 Å². The first-order chi connectivity index (χ1) is 13.5. The van der Waals surface area contributed by atoms with E-state index in [0.29, 0.717) is 25.6 Å². The molecule has 1 aromatic heterocycles. The minimum absolute atomic E-state index is 0. The average Bonchev–Trinajstić information content (AvgIpc) is 3.27. The molecule has 3 rings (SSSR count). The summed E-state index contributed by atoms with van der Waals surface area (Å²) < 4.78 is 0. The van der Waals surface area contributed by atoms with E-state index in [2.05, 4.69) is 65.9 Å². The SMILES string of the molecule is CN=C(NCc1cccc(CN2CCCC2=O)c1)NC(C)Cc1ccc(C)s1.I. The van der Waals surface area contributed by atoms with Crippen LogP contribution >= 0.6 is 35.3 Å². The molecule has 1 amide bonds. The monoisotopic (exact) mass is 526 g/mol. The highest BCUT2D eigenvalue weighted by atomic mass is 127. The van der Waals surface area contributed by atoms with E-state index in [1.165, 1.54) is 20.9 Å². The molecule has 0 radical (unpaired) electrons. The van der Waals surface area contributed by atoms with Gasteiger partial charge in [0.05, 0.1) is 0 Å². The molecule has 2 heterocycles. The topological polar surface area (TPSA) is 56.7 Å². The Hall–Kier alpha value is -1.61. The first-order valence-corrected chi connectivity index (χ1v) is 10.7. The molecular formula is C22H31IN4OS. The molecule has 7 heteroatoms. The number of hydrogen-bond donors (Lipinski definition) is 2. The van der Waals surface area contributed by atoms with Crippen LogP contribution < -0.4 is 10.6 Å². The van der Waals surface area contributed by atoms with Gasteiger partial charge in [-0.15, -0.1) is 35.3 Å². The molecule has 2 N–H and O–H groups in total. The number of rotatable bonds is 7. The Balaban J connectivity index is 0.00000300. The summed E-state index contributed by atoms with van der Waals surface area (Å²) in [6.45, 7) is 6.60. The van der Waals surface area contributed by atoms with Crippen molar-refractivity contribution >= 4 is 47.2 Å². The number of carbonyl (C=O) groups excluding carboxylic acids is 1. The standard InChI is InChI=1S/C22H30N4OS.HI/c1-16(12-20-10-9-17(2)28-20)25-22(23-3)24-14-18-6-4-7-19(13-18)15-26-11-5-8-21(26)27;/h4,6-7,9-10,13,16H,5,8,11-12,14-15H2,1-3H3,(H2,23,24,25);1H. The number of likely N-dealkylation sites (tertiary alicyclic amines) is 1. The van der Waals surface area contributed by atoms with Gasteiger partial charge in [-0.25, -0.2) is 0 Å². The van der Waals surface area contributed by atoms with Gasteiger partial charge in [0.1, 0.15) is 0 Å². The number of hydrogen-bond acceptors (Lipinski definition) is 3. The van der Waals surface area contributed by atoms with Crippen molar-refractivity contribution in [3.8, 4) is 0 Å². The molecule has 5 nitrogen and oxygen atoms in total. The Morgan fingerprint density at radius 3 is 2.72 bits per heavy atom. The minimum Gasteiger partial charge on any atom is -0.354 e. The molecule has 1 unspecified atom stereocenters. The normalized spacial score (nSPS) is 15.2. The highest BCUT2D eigenvalue weighted by Crippen LogP contribution is 2.17. The molecule has 0 aliphatic carbocycles. The predicted octanol–water partition coefficient (Wildman–Crippen LogP) is 4.09. The predicted molar refractivity (Wildman–Crippen MR) is 132 cm³/mol. The van der Waals surface area contributed by atoms with Crippen molar-refractivity contribution in [1.82, 2.24) is 15.5 Å². The number of thiophene rings is 1. The number of amides is 1. The quantitative estimate of drug-likeness (QED) is 0.325. The van der Waals surface area contributed by atoms with Gasteiger partial charge in [0, 0.05) is 55.3 Å². The Bertz CT molecular complexity index is 836. The number of guanidine groups is 1. The number of halogens is 1. The largest absolute Gasteiger partial charge is 0.354 e. The second kappa shape index (κ2) is 11.5. The maximum absolute atomic E-state index is 11.8. The third-order valence-electron chi connectivity index (χ3n) is 4.91. The van der Waals surface area contributed by atoms with E-state index in [4.69, 9.17) is 0 Å². The van der Waals surface area contributed by atoms with Crippen molar-refractivity contribution < 1.29 is 4.79 Å². The smallest absolute Gasteiger partial charge is 0.222 e. The third kappa shape index (κ3) is 7.29. The summed E-state index contributed by atoms with van der Waals surface area (Å²) in [7, 11) is 1.80. The summed E-state index contributed by atoms with van der Waals surface area (Å²) in [5, 5.41) is 6.87. The van der Waals surface area contributed by atoms with Crippen LogP contribution in [0.25, 0.3) is 0 Å². The van der Waals surface area contributed by atoms with Gasteiger partial charge in [0.25, 0.3) is 0 Å². The lowest BCUT2D eigenvalue weighted by Crippen LogP contribution is -2.42. The fourth-order valence-electron chi connectivity index (χ4n) is 3.49. The molecule has 0 spiro atoms. The van der Waals surface area contributed by atoms with Gasteiger partial charge >= 0.3 is 0 Å². The number of nitrogens with zero attached hydrogens (tertiary/aromatic N) is 2. The Labute approximate surface area is 195 Å². The van der Waals surface area contributed by atoms with Crippen LogP contribution in [0.3, 0.4) is 0 Å². The van der Waals surface area contributed by atoms with Gasteiger partial charge in [0.2, 0.25) is 5.91 Å². The summed E-state index contributed by atoms with van der Waals surface area (Å²) in [6, 6.07) is 13.1. The van der Waals surface area contributed by atoms with Crippen LogP contribution in [0.4, 0.5) is 0 Å². The van der Waals surface area contributed by atoms with E-state index in [0.717, 1.165) is 25.3 Å². The molecule has 1 aromatic carbocycles. The first-order valence-electron chi connectivity index (χ1n) is 9.91. The summed E-state index contributed by atoms with van der Waals surface area (Å²) >= 11 is 1.85. The number of carbonyl (C=O) groups is 1. The van der Waals surface area contributed by atoms with E-state index in [9.17, 15) is 4.79 Å². The van der Waals surface area contributed by atoms with Gasteiger partial charge in [-0.2, -0.15) is 0 Å². The van der Waals surface area contributed by atoms with E-state index in [-0.39, 0.29) is 29.9 Å². The number of nitrogens with one attached hydrogen (secondary N) is 2. The second-order valence-corrected chi connectivity index (χ2v) is 8.80. The fraction of sp³-hybridized carbons (Fsp3) is 0.455. The highest BCUT2D eigenvalue weighted by Gasteiger charge is 2.19. The molecule has 0 bridgehead atoms. The van der Waals surface area contributed by atoms with E-state index in [1.807, 2.05) is 16.2 Å². The summed E-state index contributed by atoms with van der Waals surface area (Å²) in [6.07, 6.45) is 2.65. The molecule has 158 valence electrons. The zero-order valence-corrected chi connectivity index (χ0v) is 20.6. The molecule has 29 heavy (non-hydrogen) atoms. The minimum atomic E-state index is 0. The molecule has 1 fully saturated rings.